The minimum atomic E-state index is -2.88. The molecule has 1 aromatic rings. The first-order valence-electron chi connectivity index (χ1n) is 5.39. The fraction of sp³-hybridized carbons (Fsp3) is 0.417. The fourth-order valence-electron chi connectivity index (χ4n) is 1.38. The van der Waals surface area contributed by atoms with E-state index in [0.29, 0.717) is 5.56 Å². The normalized spacial score (nSPS) is 14.1. The summed E-state index contributed by atoms with van der Waals surface area (Å²) in [6.45, 7) is 0.505. The Morgan fingerprint density at radius 2 is 1.94 bits per heavy atom. The lowest BCUT2D eigenvalue weighted by molar-refractivity contribution is -0.149. The molecule has 0 spiro atoms. The van der Waals surface area contributed by atoms with Crippen molar-refractivity contribution < 1.29 is 23.0 Å². The van der Waals surface area contributed by atoms with Gasteiger partial charge in [-0.15, -0.1) is 0 Å². The van der Waals surface area contributed by atoms with Gasteiger partial charge in [0.2, 0.25) is 0 Å². The summed E-state index contributed by atoms with van der Waals surface area (Å²) >= 11 is 0. The maximum Gasteiger partial charge on any atom is 0.387 e. The lowest BCUT2D eigenvalue weighted by atomic mass is 9.93. The number of halogens is 2. The fourth-order valence-corrected chi connectivity index (χ4v) is 1.38. The maximum absolute atomic E-state index is 12.0. The Labute approximate surface area is 104 Å². The Morgan fingerprint density at radius 3 is 2.39 bits per heavy atom. The molecule has 1 aromatic carbocycles. The van der Waals surface area contributed by atoms with Crippen molar-refractivity contribution >= 4 is 5.97 Å². The van der Waals surface area contributed by atoms with Crippen molar-refractivity contribution in [3.63, 3.8) is 0 Å². The Kier molecular flexibility index (Phi) is 4.61. The maximum atomic E-state index is 12.0. The summed E-state index contributed by atoms with van der Waals surface area (Å²) in [7, 11) is 0. The smallest absolute Gasteiger partial charge is 0.387 e. The predicted octanol–water partition coefficient (Wildman–Crippen LogP) is 2.02. The number of hydrogen-bond donors (Lipinski definition) is 1. The quantitative estimate of drug-likeness (QED) is 0.822. The van der Waals surface area contributed by atoms with Crippen LogP contribution in [-0.4, -0.2) is 19.2 Å². The van der Waals surface area contributed by atoms with Gasteiger partial charge < -0.3 is 15.2 Å². The van der Waals surface area contributed by atoms with Gasteiger partial charge in [0.05, 0.1) is 6.61 Å². The highest BCUT2D eigenvalue weighted by molar-refractivity contribution is 5.81. The van der Waals surface area contributed by atoms with E-state index < -0.39 is 18.1 Å². The van der Waals surface area contributed by atoms with Crippen molar-refractivity contribution in [2.75, 3.05) is 6.61 Å². The van der Waals surface area contributed by atoms with E-state index in [0.717, 1.165) is 0 Å². The van der Waals surface area contributed by atoms with Gasteiger partial charge in [-0.05, 0) is 31.5 Å². The first-order chi connectivity index (χ1) is 8.37. The van der Waals surface area contributed by atoms with Gasteiger partial charge >= 0.3 is 12.6 Å². The highest BCUT2D eigenvalue weighted by atomic mass is 19.3. The number of hydrogen-bond acceptors (Lipinski definition) is 4. The number of carbonyl (C=O) groups excluding carboxylic acids is 1. The van der Waals surface area contributed by atoms with Crippen LogP contribution in [0.3, 0.4) is 0 Å². The second-order valence-electron chi connectivity index (χ2n) is 3.83. The van der Waals surface area contributed by atoms with Crippen molar-refractivity contribution in [3.05, 3.63) is 29.8 Å². The van der Waals surface area contributed by atoms with Gasteiger partial charge in [-0.2, -0.15) is 8.78 Å². The van der Waals surface area contributed by atoms with Gasteiger partial charge in [-0.25, -0.2) is 4.79 Å². The van der Waals surface area contributed by atoms with Crippen molar-refractivity contribution in [2.24, 2.45) is 5.73 Å². The van der Waals surface area contributed by atoms with E-state index in [1.807, 2.05) is 0 Å². The van der Waals surface area contributed by atoms with Crippen LogP contribution in [0.4, 0.5) is 8.78 Å². The minimum Gasteiger partial charge on any atom is -0.464 e. The van der Waals surface area contributed by atoms with E-state index in [1.165, 1.54) is 31.2 Å². The van der Waals surface area contributed by atoms with E-state index in [2.05, 4.69) is 4.74 Å². The molecule has 0 saturated heterocycles. The summed E-state index contributed by atoms with van der Waals surface area (Å²) < 4.78 is 33.0. The molecule has 0 aliphatic carbocycles. The molecule has 0 aromatic heterocycles. The van der Waals surface area contributed by atoms with Crippen molar-refractivity contribution in [1.82, 2.24) is 0 Å². The van der Waals surface area contributed by atoms with E-state index in [-0.39, 0.29) is 12.4 Å². The molecule has 0 bridgehead atoms. The van der Waals surface area contributed by atoms with Crippen LogP contribution >= 0.6 is 0 Å². The largest absolute Gasteiger partial charge is 0.464 e. The Hall–Kier alpha value is -1.69. The third-order valence-corrected chi connectivity index (χ3v) is 2.38. The van der Waals surface area contributed by atoms with Crippen molar-refractivity contribution in [1.29, 1.82) is 0 Å². The highest BCUT2D eigenvalue weighted by Crippen LogP contribution is 2.23. The zero-order chi connectivity index (χ0) is 13.8. The Bertz CT molecular complexity index is 404. The van der Waals surface area contributed by atoms with Gasteiger partial charge in [0.25, 0.3) is 0 Å². The molecule has 18 heavy (non-hydrogen) atoms. The molecule has 4 nitrogen and oxygen atoms in total. The second kappa shape index (κ2) is 5.77. The molecule has 1 rings (SSSR count). The molecule has 0 heterocycles. The lowest BCUT2D eigenvalue weighted by Crippen LogP contribution is -2.43. The predicted molar refractivity (Wildman–Crippen MR) is 61.2 cm³/mol. The molecule has 6 heteroatoms. The first-order valence-corrected chi connectivity index (χ1v) is 5.39. The highest BCUT2D eigenvalue weighted by Gasteiger charge is 2.32. The second-order valence-corrected chi connectivity index (χ2v) is 3.83. The number of esters is 1. The van der Waals surface area contributed by atoms with Crippen LogP contribution in [-0.2, 0) is 15.1 Å². The molecule has 0 radical (unpaired) electrons. The van der Waals surface area contributed by atoms with Gasteiger partial charge in [-0.1, -0.05) is 12.1 Å². The van der Waals surface area contributed by atoms with Crippen LogP contribution < -0.4 is 10.5 Å². The summed E-state index contributed by atoms with van der Waals surface area (Å²) in [6.07, 6.45) is 0. The molecule has 1 atom stereocenters. The van der Waals surface area contributed by atoms with Crippen molar-refractivity contribution in [2.45, 2.75) is 26.0 Å². The number of rotatable bonds is 5. The van der Waals surface area contributed by atoms with E-state index >= 15 is 0 Å². The molecule has 0 aliphatic heterocycles. The molecular weight excluding hydrogens is 244 g/mol. The number of ether oxygens (including phenoxy) is 2. The van der Waals surface area contributed by atoms with Crippen LogP contribution in [0.25, 0.3) is 0 Å². The third-order valence-electron chi connectivity index (χ3n) is 2.38. The van der Waals surface area contributed by atoms with Crippen LogP contribution in [0.5, 0.6) is 5.75 Å². The average Bonchev–Trinajstić information content (AvgIpc) is 2.29. The SMILES string of the molecule is CCOC(=O)C(C)(N)c1ccc(OC(F)F)cc1. The van der Waals surface area contributed by atoms with Gasteiger partial charge in [0, 0.05) is 0 Å². The minimum absolute atomic E-state index is 0.00779. The first kappa shape index (κ1) is 14.4. The monoisotopic (exact) mass is 259 g/mol. The summed E-state index contributed by atoms with van der Waals surface area (Å²) in [5.41, 5.74) is 5.00. The van der Waals surface area contributed by atoms with Crippen LogP contribution in [0.15, 0.2) is 24.3 Å². The van der Waals surface area contributed by atoms with Crippen LogP contribution in [0.1, 0.15) is 19.4 Å². The number of nitrogens with two attached hydrogens (primary N) is 1. The molecule has 1 unspecified atom stereocenters. The molecule has 0 amide bonds. The molecule has 0 saturated carbocycles. The summed E-state index contributed by atoms with van der Waals surface area (Å²) in [5, 5.41) is 0. The van der Waals surface area contributed by atoms with E-state index in [4.69, 9.17) is 10.5 Å². The van der Waals surface area contributed by atoms with Crippen LogP contribution in [0.2, 0.25) is 0 Å². The average molecular weight is 259 g/mol. The van der Waals surface area contributed by atoms with Gasteiger partial charge in [0.15, 0.2) is 0 Å². The summed E-state index contributed by atoms with van der Waals surface area (Å²) in [6, 6.07) is 5.56. The molecule has 0 fully saturated rings. The third kappa shape index (κ3) is 3.40. The Balaban J connectivity index is 2.86. The summed E-state index contributed by atoms with van der Waals surface area (Å²) in [4.78, 5) is 11.6. The molecule has 0 aliphatic rings. The molecule has 2 N–H and O–H groups in total. The number of carbonyl (C=O) groups is 1. The van der Waals surface area contributed by atoms with Gasteiger partial charge in [0.1, 0.15) is 11.3 Å². The number of benzene rings is 1. The summed E-state index contributed by atoms with van der Waals surface area (Å²) in [5.74, 6) is -0.569. The standard InChI is InChI=1S/C12H15F2NO3/c1-3-17-10(16)12(2,15)8-4-6-9(7-5-8)18-11(13)14/h4-7,11H,3,15H2,1-2H3. The molecular formula is C12H15F2NO3. The zero-order valence-electron chi connectivity index (χ0n) is 10.2. The topological polar surface area (TPSA) is 61.5 Å². The number of alkyl halides is 2. The lowest BCUT2D eigenvalue weighted by Gasteiger charge is -2.22. The zero-order valence-corrected chi connectivity index (χ0v) is 10.2. The van der Waals surface area contributed by atoms with Crippen LogP contribution in [0, 0.1) is 0 Å². The van der Waals surface area contributed by atoms with E-state index in [9.17, 15) is 13.6 Å². The Morgan fingerprint density at radius 1 is 1.39 bits per heavy atom. The van der Waals surface area contributed by atoms with Gasteiger partial charge in [-0.3, -0.25) is 0 Å². The van der Waals surface area contributed by atoms with Crippen molar-refractivity contribution in [3.8, 4) is 5.75 Å². The van der Waals surface area contributed by atoms with E-state index in [1.54, 1.807) is 6.92 Å². The molecule has 100 valence electrons.